The van der Waals surface area contributed by atoms with Crippen molar-refractivity contribution in [3.63, 3.8) is 0 Å². The van der Waals surface area contributed by atoms with Crippen LogP contribution in [0.15, 0.2) is 18.3 Å². The van der Waals surface area contributed by atoms with Crippen LogP contribution in [0.4, 0.5) is 0 Å². The molecular formula is C17H24N2. The number of aromatic nitrogens is 1. The van der Waals surface area contributed by atoms with Gasteiger partial charge in [0, 0.05) is 6.20 Å². The molecule has 1 aromatic heterocycles. The topological polar surface area (TPSA) is 36.7 Å². The van der Waals surface area contributed by atoms with E-state index in [1.807, 2.05) is 6.07 Å². The molecule has 2 nitrogen and oxygen atoms in total. The molecule has 0 aliphatic heterocycles. The van der Waals surface area contributed by atoms with Crippen molar-refractivity contribution in [1.82, 2.24) is 4.98 Å². The summed E-state index contributed by atoms with van der Waals surface area (Å²) in [4.78, 5) is 4.03. The molecule has 0 radical (unpaired) electrons. The minimum atomic E-state index is 0.454. The molecule has 1 fully saturated rings. The highest BCUT2D eigenvalue weighted by Gasteiger charge is 2.29. The van der Waals surface area contributed by atoms with Gasteiger partial charge in [0.1, 0.15) is 11.8 Å². The lowest BCUT2D eigenvalue weighted by Crippen LogP contribution is -2.26. The van der Waals surface area contributed by atoms with Gasteiger partial charge in [0.15, 0.2) is 0 Å². The Morgan fingerprint density at radius 2 is 1.95 bits per heavy atom. The molecule has 0 bridgehead atoms. The molecule has 0 saturated heterocycles. The van der Waals surface area contributed by atoms with E-state index in [0.29, 0.717) is 11.1 Å². The van der Waals surface area contributed by atoms with Gasteiger partial charge in [0.25, 0.3) is 0 Å². The smallest absolute Gasteiger partial charge is 0.140 e. The molecule has 0 aromatic carbocycles. The number of nitriles is 1. The summed E-state index contributed by atoms with van der Waals surface area (Å²) in [5.74, 6) is 1.66. The molecule has 1 aliphatic rings. The number of rotatable bonds is 2. The minimum Gasteiger partial charge on any atom is -0.246 e. The number of hydrogen-bond acceptors (Lipinski definition) is 2. The second kappa shape index (κ2) is 5.74. The lowest BCUT2D eigenvalue weighted by Gasteiger charge is -2.37. The highest BCUT2D eigenvalue weighted by molar-refractivity contribution is 5.25. The van der Waals surface area contributed by atoms with Crippen molar-refractivity contribution in [3.8, 4) is 6.07 Å². The Morgan fingerprint density at radius 1 is 1.26 bits per heavy atom. The Labute approximate surface area is 116 Å². The molecule has 1 saturated carbocycles. The zero-order valence-corrected chi connectivity index (χ0v) is 12.3. The van der Waals surface area contributed by atoms with Crippen LogP contribution >= 0.6 is 0 Å². The normalized spacial score (nSPS) is 23.9. The van der Waals surface area contributed by atoms with Crippen LogP contribution in [-0.4, -0.2) is 4.98 Å². The monoisotopic (exact) mass is 256 g/mol. The van der Waals surface area contributed by atoms with Crippen LogP contribution in [0.5, 0.6) is 0 Å². The molecule has 1 aliphatic carbocycles. The van der Waals surface area contributed by atoms with E-state index >= 15 is 0 Å². The van der Waals surface area contributed by atoms with E-state index < -0.39 is 0 Å². The molecule has 0 unspecified atom stereocenters. The number of nitrogens with zero attached hydrogens (tertiary/aromatic N) is 2. The summed E-state index contributed by atoms with van der Waals surface area (Å²) in [6.07, 6.45) is 8.22. The highest BCUT2D eigenvalue weighted by atomic mass is 14.7. The second-order valence-electron chi connectivity index (χ2n) is 6.95. The van der Waals surface area contributed by atoms with E-state index in [9.17, 15) is 0 Å². The van der Waals surface area contributed by atoms with Crippen molar-refractivity contribution in [2.75, 3.05) is 0 Å². The van der Waals surface area contributed by atoms with Crippen LogP contribution in [0.3, 0.4) is 0 Å². The van der Waals surface area contributed by atoms with Crippen LogP contribution in [-0.2, 0) is 6.42 Å². The van der Waals surface area contributed by atoms with Crippen molar-refractivity contribution in [1.29, 1.82) is 5.26 Å². The Morgan fingerprint density at radius 3 is 2.53 bits per heavy atom. The fourth-order valence-electron chi connectivity index (χ4n) is 3.23. The largest absolute Gasteiger partial charge is 0.246 e. The van der Waals surface area contributed by atoms with Gasteiger partial charge in [-0.25, -0.2) is 4.98 Å². The van der Waals surface area contributed by atoms with Crippen LogP contribution in [0.2, 0.25) is 0 Å². The van der Waals surface area contributed by atoms with E-state index in [4.69, 9.17) is 5.26 Å². The molecule has 0 spiro atoms. The average molecular weight is 256 g/mol. The molecule has 2 heteroatoms. The molecule has 19 heavy (non-hydrogen) atoms. The first-order chi connectivity index (χ1) is 8.99. The average Bonchev–Trinajstić information content (AvgIpc) is 2.38. The third-order valence-corrected chi connectivity index (χ3v) is 4.53. The molecule has 2 rings (SSSR count). The minimum absolute atomic E-state index is 0.454. The van der Waals surface area contributed by atoms with Crippen molar-refractivity contribution < 1.29 is 0 Å². The Kier molecular flexibility index (Phi) is 4.24. The van der Waals surface area contributed by atoms with Crippen molar-refractivity contribution in [2.24, 2.45) is 17.3 Å². The van der Waals surface area contributed by atoms with Gasteiger partial charge in [-0.2, -0.15) is 5.26 Å². The zero-order chi connectivity index (χ0) is 13.9. The Balaban J connectivity index is 1.91. The summed E-state index contributed by atoms with van der Waals surface area (Å²) in [6, 6.07) is 6.11. The summed E-state index contributed by atoms with van der Waals surface area (Å²) >= 11 is 0. The number of pyridine rings is 1. The van der Waals surface area contributed by atoms with Crippen LogP contribution in [0.1, 0.15) is 57.7 Å². The highest BCUT2D eigenvalue weighted by Crippen LogP contribution is 2.40. The first kappa shape index (κ1) is 14.1. The molecule has 1 heterocycles. The predicted molar refractivity (Wildman–Crippen MR) is 77.6 cm³/mol. The maximum Gasteiger partial charge on any atom is 0.140 e. The predicted octanol–water partition coefficient (Wildman–Crippen LogP) is 4.35. The standard InChI is InChI=1S/C17H24N2/c1-17(2,3)15-6-4-13(5-7-15)10-14-8-9-19-16(11-14)12-18/h8-9,11,13,15H,4-7,10H2,1-3H3/t13-,15+. The van der Waals surface area contributed by atoms with E-state index in [1.165, 1.54) is 31.2 Å². The lowest BCUT2D eigenvalue weighted by molar-refractivity contribution is 0.150. The third-order valence-electron chi connectivity index (χ3n) is 4.53. The summed E-state index contributed by atoms with van der Waals surface area (Å²) in [6.45, 7) is 7.08. The van der Waals surface area contributed by atoms with Gasteiger partial charge in [0.05, 0.1) is 0 Å². The van der Waals surface area contributed by atoms with E-state index in [-0.39, 0.29) is 0 Å². The van der Waals surface area contributed by atoms with Gasteiger partial charge < -0.3 is 0 Å². The summed E-state index contributed by atoms with van der Waals surface area (Å²) in [5, 5.41) is 8.88. The summed E-state index contributed by atoms with van der Waals surface area (Å²) in [5.41, 5.74) is 2.27. The third kappa shape index (κ3) is 3.80. The summed E-state index contributed by atoms with van der Waals surface area (Å²) < 4.78 is 0. The first-order valence-corrected chi connectivity index (χ1v) is 7.34. The van der Waals surface area contributed by atoms with Crippen LogP contribution < -0.4 is 0 Å². The van der Waals surface area contributed by atoms with Crippen molar-refractivity contribution in [2.45, 2.75) is 52.9 Å². The molecule has 1 aromatic rings. The van der Waals surface area contributed by atoms with Crippen molar-refractivity contribution in [3.05, 3.63) is 29.6 Å². The number of hydrogen-bond donors (Lipinski definition) is 0. The SMILES string of the molecule is CC(C)(C)[C@H]1CC[C@@H](Cc2ccnc(C#N)c2)CC1. The van der Waals surface area contributed by atoms with E-state index in [0.717, 1.165) is 18.3 Å². The zero-order valence-electron chi connectivity index (χ0n) is 12.3. The van der Waals surface area contributed by atoms with Gasteiger partial charge in [-0.3, -0.25) is 0 Å². The van der Waals surface area contributed by atoms with Gasteiger partial charge in [-0.05, 0) is 67.1 Å². The van der Waals surface area contributed by atoms with Crippen LogP contribution in [0.25, 0.3) is 0 Å². The summed E-state index contributed by atoms with van der Waals surface area (Å²) in [7, 11) is 0. The second-order valence-corrected chi connectivity index (χ2v) is 6.95. The van der Waals surface area contributed by atoms with Gasteiger partial charge >= 0.3 is 0 Å². The fraction of sp³-hybridized carbons (Fsp3) is 0.647. The lowest BCUT2D eigenvalue weighted by atomic mass is 9.69. The molecule has 0 atom stereocenters. The maximum absolute atomic E-state index is 8.88. The van der Waals surface area contributed by atoms with E-state index in [2.05, 4.69) is 37.9 Å². The Hall–Kier alpha value is -1.36. The maximum atomic E-state index is 8.88. The molecular weight excluding hydrogens is 232 g/mol. The van der Waals surface area contributed by atoms with Crippen molar-refractivity contribution >= 4 is 0 Å². The van der Waals surface area contributed by atoms with Crippen LogP contribution in [0, 0.1) is 28.6 Å². The Bertz CT molecular complexity index is 457. The molecule has 0 amide bonds. The first-order valence-electron chi connectivity index (χ1n) is 7.34. The van der Waals surface area contributed by atoms with Gasteiger partial charge in [-0.1, -0.05) is 20.8 Å². The van der Waals surface area contributed by atoms with Gasteiger partial charge in [-0.15, -0.1) is 0 Å². The van der Waals surface area contributed by atoms with Gasteiger partial charge in [0.2, 0.25) is 0 Å². The van der Waals surface area contributed by atoms with E-state index in [1.54, 1.807) is 6.20 Å². The molecule has 0 N–H and O–H groups in total. The fourth-order valence-corrected chi connectivity index (χ4v) is 3.23. The molecule has 102 valence electrons. The quantitative estimate of drug-likeness (QED) is 0.788.